The zero-order chi connectivity index (χ0) is 11.5. The van der Waals surface area contributed by atoms with Gasteiger partial charge in [0, 0.05) is 11.9 Å². The molecule has 0 spiro atoms. The fourth-order valence-electron chi connectivity index (χ4n) is 1.36. The number of amides is 1. The molecule has 1 aliphatic rings. The summed E-state index contributed by atoms with van der Waals surface area (Å²) in [7, 11) is 0. The summed E-state index contributed by atoms with van der Waals surface area (Å²) in [5.74, 6) is 0. The topological polar surface area (TPSA) is 47.6 Å². The van der Waals surface area contributed by atoms with Crippen LogP contribution in [0, 0.1) is 0 Å². The Kier molecular flexibility index (Phi) is 4.00. The van der Waals surface area contributed by atoms with Crippen LogP contribution >= 0.6 is 15.9 Å². The van der Waals surface area contributed by atoms with Crippen LogP contribution in [-0.4, -0.2) is 35.8 Å². The van der Waals surface area contributed by atoms with Gasteiger partial charge in [0.1, 0.15) is 5.60 Å². The monoisotopic (exact) mass is 279 g/mol. The summed E-state index contributed by atoms with van der Waals surface area (Å²) in [5, 5.41) is 3.55. The van der Waals surface area contributed by atoms with Crippen molar-refractivity contribution in [3.63, 3.8) is 0 Å². The lowest BCUT2D eigenvalue weighted by Crippen LogP contribution is -2.51. The van der Waals surface area contributed by atoms with Gasteiger partial charge in [0.15, 0.2) is 0 Å². The Morgan fingerprint density at radius 3 is 2.67 bits per heavy atom. The second-order valence-electron chi connectivity index (χ2n) is 4.84. The minimum atomic E-state index is -0.461. The van der Waals surface area contributed by atoms with Crippen molar-refractivity contribution in [1.29, 1.82) is 0 Å². The maximum Gasteiger partial charge on any atom is 0.408 e. The number of alkyl halides is 1. The van der Waals surface area contributed by atoms with E-state index in [1.165, 1.54) is 0 Å². The van der Waals surface area contributed by atoms with Gasteiger partial charge in [0.05, 0.1) is 12.1 Å². The van der Waals surface area contributed by atoms with E-state index in [0.717, 1.165) is 6.42 Å². The Hall–Kier alpha value is -0.290. The maximum atomic E-state index is 11.6. The number of carbonyl (C=O) groups excluding carboxylic acids is 1. The summed E-state index contributed by atoms with van der Waals surface area (Å²) in [5.41, 5.74) is -0.765. The molecule has 0 aliphatic carbocycles. The molecule has 0 radical (unpaired) electrons. The molecule has 1 unspecified atom stereocenters. The van der Waals surface area contributed by atoms with E-state index in [1.54, 1.807) is 0 Å². The first-order valence-electron chi connectivity index (χ1n) is 5.02. The second kappa shape index (κ2) is 4.70. The Labute approximate surface area is 98.8 Å². The molecule has 15 heavy (non-hydrogen) atoms. The highest BCUT2D eigenvalue weighted by Gasteiger charge is 2.36. The summed E-state index contributed by atoms with van der Waals surface area (Å²) >= 11 is 3.39. The van der Waals surface area contributed by atoms with E-state index in [-0.39, 0.29) is 11.6 Å². The zero-order valence-electron chi connectivity index (χ0n) is 9.43. The van der Waals surface area contributed by atoms with Gasteiger partial charge < -0.3 is 14.8 Å². The third kappa shape index (κ3) is 3.99. The van der Waals surface area contributed by atoms with E-state index in [2.05, 4.69) is 21.2 Å². The molecule has 1 atom stereocenters. The standard InChI is InChI=1S/C10H18BrNO3/c1-9(2,3)15-8(13)12-10(6-11)4-5-14-7-10/h4-7H2,1-3H3,(H,12,13). The highest BCUT2D eigenvalue weighted by molar-refractivity contribution is 9.09. The zero-order valence-corrected chi connectivity index (χ0v) is 11.0. The average Bonchev–Trinajstić information content (AvgIpc) is 2.50. The van der Waals surface area contributed by atoms with E-state index in [4.69, 9.17) is 9.47 Å². The first-order chi connectivity index (χ1) is 6.87. The molecule has 1 saturated heterocycles. The van der Waals surface area contributed by atoms with Crippen molar-refractivity contribution in [1.82, 2.24) is 5.32 Å². The number of hydrogen-bond acceptors (Lipinski definition) is 3. The molecule has 5 heteroatoms. The molecule has 1 heterocycles. The van der Waals surface area contributed by atoms with Crippen LogP contribution in [0.15, 0.2) is 0 Å². The van der Waals surface area contributed by atoms with Gasteiger partial charge in [-0.2, -0.15) is 0 Å². The van der Waals surface area contributed by atoms with Crippen LogP contribution in [0.2, 0.25) is 0 Å². The van der Waals surface area contributed by atoms with E-state index in [1.807, 2.05) is 20.8 Å². The average molecular weight is 280 g/mol. The molecule has 0 saturated carbocycles. The molecule has 0 bridgehead atoms. The lowest BCUT2D eigenvalue weighted by Gasteiger charge is -2.28. The van der Waals surface area contributed by atoms with Crippen LogP contribution in [0.4, 0.5) is 4.79 Å². The van der Waals surface area contributed by atoms with Gasteiger partial charge in [0.25, 0.3) is 0 Å². The summed E-state index contributed by atoms with van der Waals surface area (Å²) in [4.78, 5) is 11.6. The fraction of sp³-hybridized carbons (Fsp3) is 0.900. The van der Waals surface area contributed by atoms with Gasteiger partial charge in [-0.3, -0.25) is 0 Å². The van der Waals surface area contributed by atoms with Gasteiger partial charge in [-0.15, -0.1) is 0 Å². The van der Waals surface area contributed by atoms with Crippen molar-refractivity contribution in [3.05, 3.63) is 0 Å². The largest absolute Gasteiger partial charge is 0.444 e. The quantitative estimate of drug-likeness (QED) is 0.788. The molecule has 0 aromatic heterocycles. The molecule has 0 aromatic carbocycles. The predicted molar refractivity (Wildman–Crippen MR) is 61.3 cm³/mol. The molecule has 88 valence electrons. The number of alkyl carbamates (subject to hydrolysis) is 1. The van der Waals surface area contributed by atoms with E-state index < -0.39 is 5.60 Å². The Bertz CT molecular complexity index is 231. The number of carbonyl (C=O) groups is 1. The van der Waals surface area contributed by atoms with Crippen LogP contribution < -0.4 is 5.32 Å². The Balaban J connectivity index is 2.49. The van der Waals surface area contributed by atoms with Crippen LogP contribution in [0.1, 0.15) is 27.2 Å². The number of hydrogen-bond donors (Lipinski definition) is 1. The van der Waals surface area contributed by atoms with Crippen molar-refractivity contribution in [2.45, 2.75) is 38.3 Å². The van der Waals surface area contributed by atoms with Gasteiger partial charge in [-0.25, -0.2) is 4.79 Å². The Morgan fingerprint density at radius 2 is 2.27 bits per heavy atom. The number of halogens is 1. The Morgan fingerprint density at radius 1 is 1.60 bits per heavy atom. The maximum absolute atomic E-state index is 11.6. The SMILES string of the molecule is CC(C)(C)OC(=O)NC1(CBr)CCOC1. The van der Waals surface area contributed by atoms with Crippen LogP contribution in [0.5, 0.6) is 0 Å². The van der Waals surface area contributed by atoms with Crippen molar-refractivity contribution in [3.8, 4) is 0 Å². The van der Waals surface area contributed by atoms with Crippen LogP contribution in [-0.2, 0) is 9.47 Å². The first kappa shape index (κ1) is 12.8. The van der Waals surface area contributed by atoms with Crippen molar-refractivity contribution >= 4 is 22.0 Å². The van der Waals surface area contributed by atoms with Gasteiger partial charge >= 0.3 is 6.09 Å². The van der Waals surface area contributed by atoms with Gasteiger partial charge in [-0.1, -0.05) is 15.9 Å². The third-order valence-electron chi connectivity index (χ3n) is 2.13. The summed E-state index contributed by atoms with van der Waals surface area (Å²) in [6, 6.07) is 0. The summed E-state index contributed by atoms with van der Waals surface area (Å²) < 4.78 is 10.5. The van der Waals surface area contributed by atoms with Gasteiger partial charge in [-0.05, 0) is 27.2 Å². The van der Waals surface area contributed by atoms with E-state index >= 15 is 0 Å². The lowest BCUT2D eigenvalue weighted by molar-refractivity contribution is 0.0456. The molecule has 0 aromatic rings. The normalized spacial score (nSPS) is 26.4. The molecular weight excluding hydrogens is 262 g/mol. The number of nitrogens with one attached hydrogen (secondary N) is 1. The molecule has 1 N–H and O–H groups in total. The van der Waals surface area contributed by atoms with Crippen molar-refractivity contribution < 1.29 is 14.3 Å². The molecule has 1 fully saturated rings. The molecule has 4 nitrogen and oxygen atoms in total. The molecular formula is C10H18BrNO3. The van der Waals surface area contributed by atoms with E-state index in [9.17, 15) is 4.79 Å². The summed E-state index contributed by atoms with van der Waals surface area (Å²) in [6.45, 7) is 6.76. The summed E-state index contributed by atoms with van der Waals surface area (Å²) in [6.07, 6.45) is 0.435. The van der Waals surface area contributed by atoms with Crippen molar-refractivity contribution in [2.75, 3.05) is 18.5 Å². The number of rotatable bonds is 2. The van der Waals surface area contributed by atoms with E-state index in [0.29, 0.717) is 18.5 Å². The van der Waals surface area contributed by atoms with Gasteiger partial charge in [0.2, 0.25) is 0 Å². The molecule has 1 aliphatic heterocycles. The molecule has 1 rings (SSSR count). The minimum absolute atomic E-state index is 0.303. The number of ether oxygens (including phenoxy) is 2. The van der Waals surface area contributed by atoms with Crippen LogP contribution in [0.3, 0.4) is 0 Å². The smallest absolute Gasteiger partial charge is 0.408 e. The predicted octanol–water partition coefficient (Wildman–Crippen LogP) is 2.07. The molecule has 1 amide bonds. The highest BCUT2D eigenvalue weighted by Crippen LogP contribution is 2.21. The fourth-order valence-corrected chi connectivity index (χ4v) is 1.95. The van der Waals surface area contributed by atoms with Crippen LogP contribution in [0.25, 0.3) is 0 Å². The van der Waals surface area contributed by atoms with Crippen molar-refractivity contribution in [2.24, 2.45) is 0 Å². The lowest BCUT2D eigenvalue weighted by atomic mass is 10.0. The first-order valence-corrected chi connectivity index (χ1v) is 6.14. The third-order valence-corrected chi connectivity index (χ3v) is 3.20. The second-order valence-corrected chi connectivity index (χ2v) is 5.40. The minimum Gasteiger partial charge on any atom is -0.444 e. The highest BCUT2D eigenvalue weighted by atomic mass is 79.9.